The average Bonchev–Trinajstić information content (AvgIpc) is 2.15. The molecule has 4 heteroatoms. The smallest absolute Gasteiger partial charge is 0.330 e. The first-order chi connectivity index (χ1) is 6.11. The van der Waals surface area contributed by atoms with Crippen LogP contribution in [0.1, 0.15) is 28.2 Å². The lowest BCUT2D eigenvalue weighted by atomic mass is 10.4. The number of hydrogen-bond acceptors (Lipinski definition) is 3. The van der Waals surface area contributed by atoms with Gasteiger partial charge in [0.1, 0.15) is 6.61 Å². The second kappa shape index (κ2) is 10.8. The minimum absolute atomic E-state index is 0. The summed E-state index contributed by atoms with van der Waals surface area (Å²) >= 11 is 0. The van der Waals surface area contributed by atoms with Crippen LogP contribution in [-0.4, -0.2) is 37.0 Å². The second-order valence-corrected chi connectivity index (χ2v) is 2.54. The highest BCUT2D eigenvalue weighted by Gasteiger charge is 2.05. The molecule has 0 bridgehead atoms. The number of amides is 1. The molecule has 90 valence electrons. The molecule has 0 aliphatic rings. The Balaban J connectivity index is -0.000000720. The third kappa shape index (κ3) is 9.00. The summed E-state index contributed by atoms with van der Waals surface area (Å²) in [6.07, 6.45) is 1.56. The highest BCUT2D eigenvalue weighted by atomic mass is 16.5. The lowest BCUT2D eigenvalue weighted by molar-refractivity contribution is -0.140. The summed E-state index contributed by atoms with van der Waals surface area (Å²) in [6.45, 7) is 5.68. The van der Waals surface area contributed by atoms with Crippen molar-refractivity contribution < 1.29 is 14.3 Å². The molecule has 0 heterocycles. The molecule has 0 aliphatic heterocycles. The van der Waals surface area contributed by atoms with Crippen molar-refractivity contribution in [1.29, 1.82) is 0 Å². The van der Waals surface area contributed by atoms with Crippen LogP contribution in [0.2, 0.25) is 0 Å². The van der Waals surface area contributed by atoms with E-state index in [1.807, 2.05) is 0 Å². The number of likely N-dealkylation sites (N-methyl/N-ethyl adjacent to an activating group) is 1. The molecule has 0 aliphatic carbocycles. The third-order valence-electron chi connectivity index (χ3n) is 1.57. The van der Waals surface area contributed by atoms with Crippen LogP contribution in [0.5, 0.6) is 0 Å². The summed E-state index contributed by atoms with van der Waals surface area (Å²) in [5.41, 5.74) is 0. The van der Waals surface area contributed by atoms with Gasteiger partial charge in [0, 0.05) is 19.5 Å². The molecule has 0 saturated carbocycles. The quantitative estimate of drug-likeness (QED) is 0.521. The number of rotatable bonds is 5. The maximum Gasteiger partial charge on any atom is 0.330 e. The Morgan fingerprint density at radius 1 is 1.40 bits per heavy atom. The summed E-state index contributed by atoms with van der Waals surface area (Å²) in [5.74, 6) is -0.424. The van der Waals surface area contributed by atoms with Gasteiger partial charge in [0.25, 0.3) is 0 Å². The first kappa shape index (κ1) is 19.3. The summed E-state index contributed by atoms with van der Waals surface area (Å²) < 4.78 is 4.71. The molecule has 0 rings (SSSR count). The van der Waals surface area contributed by atoms with E-state index in [1.165, 1.54) is 4.90 Å². The molecule has 0 unspecified atom stereocenters. The van der Waals surface area contributed by atoms with E-state index in [2.05, 4.69) is 6.58 Å². The van der Waals surface area contributed by atoms with Gasteiger partial charge in [-0.05, 0) is 0 Å². The van der Waals surface area contributed by atoms with E-state index in [4.69, 9.17) is 4.74 Å². The fourth-order valence-corrected chi connectivity index (χ4v) is 0.737. The lowest BCUT2D eigenvalue weighted by Gasteiger charge is -2.15. The molecular weight excluding hydrogens is 194 g/mol. The second-order valence-electron chi connectivity index (χ2n) is 2.54. The highest BCUT2D eigenvalue weighted by molar-refractivity contribution is 5.81. The maximum atomic E-state index is 11.0. The number of ether oxygens (including phenoxy) is 1. The van der Waals surface area contributed by atoms with Crippen molar-refractivity contribution in [3.8, 4) is 0 Å². The van der Waals surface area contributed by atoms with Crippen molar-refractivity contribution in [1.82, 2.24) is 4.90 Å². The first-order valence-electron chi connectivity index (χ1n) is 4.15. The van der Waals surface area contributed by atoms with Crippen molar-refractivity contribution in [3.63, 3.8) is 0 Å². The van der Waals surface area contributed by atoms with E-state index in [0.29, 0.717) is 13.0 Å². The molecule has 0 radical (unpaired) electrons. The van der Waals surface area contributed by atoms with Crippen LogP contribution in [0, 0.1) is 0 Å². The Morgan fingerprint density at radius 3 is 2.33 bits per heavy atom. The van der Waals surface area contributed by atoms with Crippen LogP contribution in [0.25, 0.3) is 0 Å². The van der Waals surface area contributed by atoms with E-state index < -0.39 is 5.97 Å². The lowest BCUT2D eigenvalue weighted by Crippen LogP contribution is -2.29. The van der Waals surface area contributed by atoms with E-state index >= 15 is 0 Å². The summed E-state index contributed by atoms with van der Waals surface area (Å²) in [6, 6.07) is 0. The zero-order chi connectivity index (χ0) is 10.3. The van der Waals surface area contributed by atoms with Gasteiger partial charge in [-0.2, -0.15) is 0 Å². The zero-order valence-electron chi connectivity index (χ0n) is 8.08. The van der Waals surface area contributed by atoms with Crippen molar-refractivity contribution in [2.45, 2.75) is 28.2 Å². The maximum absolute atomic E-state index is 11.0. The molecule has 0 saturated heterocycles. The topological polar surface area (TPSA) is 46.6 Å². The standard InChI is InChI=1S/C9H15NO3.2CH4/c1-4-8(11)10(3)6-7-13-9(12)5-2;;/h5H,2,4,6-7H2,1,3H3;2*1H4. The summed E-state index contributed by atoms with van der Waals surface area (Å²) in [5, 5.41) is 0. The van der Waals surface area contributed by atoms with Crippen LogP contribution in [0.3, 0.4) is 0 Å². The van der Waals surface area contributed by atoms with Crippen molar-refractivity contribution in [2.75, 3.05) is 20.2 Å². The highest BCUT2D eigenvalue weighted by Crippen LogP contribution is 1.89. The van der Waals surface area contributed by atoms with Gasteiger partial charge >= 0.3 is 5.97 Å². The molecule has 0 atom stereocenters. The predicted molar refractivity (Wildman–Crippen MR) is 62.5 cm³/mol. The predicted octanol–water partition coefficient (Wildman–Crippen LogP) is 1.86. The molecule has 1 amide bonds. The number of carbonyl (C=O) groups is 2. The van der Waals surface area contributed by atoms with Gasteiger partial charge in [-0.1, -0.05) is 28.4 Å². The molecular formula is C11H23NO3. The fourth-order valence-electron chi connectivity index (χ4n) is 0.737. The number of carbonyl (C=O) groups excluding carboxylic acids is 2. The molecule has 15 heavy (non-hydrogen) atoms. The Kier molecular flexibility index (Phi) is 13.8. The Hall–Kier alpha value is -1.32. The minimum Gasteiger partial charge on any atom is -0.461 e. The van der Waals surface area contributed by atoms with Gasteiger partial charge in [0.15, 0.2) is 0 Å². The number of esters is 1. The van der Waals surface area contributed by atoms with Crippen LogP contribution in [0.4, 0.5) is 0 Å². The largest absolute Gasteiger partial charge is 0.461 e. The van der Waals surface area contributed by atoms with Crippen molar-refractivity contribution >= 4 is 11.9 Å². The SMILES string of the molecule is C.C.C=CC(=O)OCCN(C)C(=O)CC. The molecule has 0 spiro atoms. The van der Waals surface area contributed by atoms with Crippen molar-refractivity contribution in [3.05, 3.63) is 12.7 Å². The zero-order valence-corrected chi connectivity index (χ0v) is 8.08. The first-order valence-corrected chi connectivity index (χ1v) is 4.15. The summed E-state index contributed by atoms with van der Waals surface area (Å²) in [4.78, 5) is 23.1. The van der Waals surface area contributed by atoms with Gasteiger partial charge in [0.05, 0.1) is 6.54 Å². The molecule has 0 aromatic carbocycles. The molecule has 0 N–H and O–H groups in total. The monoisotopic (exact) mass is 217 g/mol. The minimum atomic E-state index is -0.461. The average molecular weight is 217 g/mol. The molecule has 0 aromatic rings. The third-order valence-corrected chi connectivity index (χ3v) is 1.57. The van der Waals surface area contributed by atoms with Crippen LogP contribution >= 0.6 is 0 Å². The van der Waals surface area contributed by atoms with Crippen molar-refractivity contribution in [2.24, 2.45) is 0 Å². The van der Waals surface area contributed by atoms with Crippen LogP contribution < -0.4 is 0 Å². The van der Waals surface area contributed by atoms with Gasteiger partial charge in [-0.15, -0.1) is 0 Å². The molecule has 4 nitrogen and oxygen atoms in total. The number of nitrogens with zero attached hydrogens (tertiary/aromatic N) is 1. The fraction of sp³-hybridized carbons (Fsp3) is 0.636. The van der Waals surface area contributed by atoms with E-state index in [9.17, 15) is 9.59 Å². The normalized spacial score (nSPS) is 7.87. The van der Waals surface area contributed by atoms with Gasteiger partial charge < -0.3 is 9.64 Å². The van der Waals surface area contributed by atoms with E-state index in [-0.39, 0.29) is 27.4 Å². The van der Waals surface area contributed by atoms with Gasteiger partial charge in [-0.25, -0.2) is 4.79 Å². The number of hydrogen-bond donors (Lipinski definition) is 0. The molecule has 0 aromatic heterocycles. The molecule has 0 fully saturated rings. The summed E-state index contributed by atoms with van der Waals surface area (Å²) in [7, 11) is 1.67. The van der Waals surface area contributed by atoms with Crippen LogP contribution in [-0.2, 0) is 14.3 Å². The Labute approximate surface area is 92.9 Å². The van der Waals surface area contributed by atoms with Crippen LogP contribution in [0.15, 0.2) is 12.7 Å². The van der Waals surface area contributed by atoms with E-state index in [1.54, 1.807) is 14.0 Å². The van der Waals surface area contributed by atoms with Gasteiger partial charge in [-0.3, -0.25) is 4.79 Å². The van der Waals surface area contributed by atoms with Gasteiger partial charge in [0.2, 0.25) is 5.91 Å². The Morgan fingerprint density at radius 2 is 1.93 bits per heavy atom. The van der Waals surface area contributed by atoms with E-state index in [0.717, 1.165) is 6.08 Å². The Bertz CT molecular complexity index is 202.